The zero-order valence-electron chi connectivity index (χ0n) is 10.6. The molecule has 2 bridgehead atoms. The molecule has 2 heterocycles. The van der Waals surface area contributed by atoms with Gasteiger partial charge in [0.05, 0.1) is 13.0 Å². The van der Waals surface area contributed by atoms with Crippen LogP contribution in [0.25, 0.3) is 0 Å². The Morgan fingerprint density at radius 1 is 1.33 bits per heavy atom. The zero-order valence-corrected chi connectivity index (χ0v) is 10.6. The van der Waals surface area contributed by atoms with Gasteiger partial charge in [-0.05, 0) is 25.7 Å². The maximum absolute atomic E-state index is 11.9. The fraction of sp³-hybridized carbons (Fsp3) is 0.692. The molecule has 2 saturated heterocycles. The Morgan fingerprint density at radius 3 is 2.44 bits per heavy atom. The maximum atomic E-state index is 11.9. The quantitative estimate of drug-likeness (QED) is 0.567. The van der Waals surface area contributed by atoms with Crippen LogP contribution in [0, 0.1) is 5.92 Å². The normalized spacial score (nSPS) is 29.8. The SMILES string of the molecule is C=CCOC(=O)N1C2CCC1CC(C(=O)OC)C2. The highest BCUT2D eigenvalue weighted by Gasteiger charge is 2.46. The van der Waals surface area contributed by atoms with E-state index in [0.29, 0.717) is 12.8 Å². The number of hydrogen-bond donors (Lipinski definition) is 0. The fourth-order valence-corrected chi connectivity index (χ4v) is 3.04. The molecule has 0 aromatic rings. The third kappa shape index (κ3) is 2.35. The van der Waals surface area contributed by atoms with Gasteiger partial charge in [0, 0.05) is 12.1 Å². The van der Waals surface area contributed by atoms with Crippen molar-refractivity contribution < 1.29 is 19.1 Å². The molecule has 0 radical (unpaired) electrons. The van der Waals surface area contributed by atoms with E-state index in [1.807, 2.05) is 0 Å². The number of nitrogens with zero attached hydrogens (tertiary/aromatic N) is 1. The number of amides is 1. The van der Waals surface area contributed by atoms with Crippen molar-refractivity contribution in [3.63, 3.8) is 0 Å². The van der Waals surface area contributed by atoms with Crippen LogP contribution in [-0.2, 0) is 14.3 Å². The minimum atomic E-state index is -0.286. The lowest BCUT2D eigenvalue weighted by molar-refractivity contribution is -0.147. The molecule has 0 aliphatic carbocycles. The van der Waals surface area contributed by atoms with Gasteiger partial charge in [-0.3, -0.25) is 4.79 Å². The van der Waals surface area contributed by atoms with Crippen molar-refractivity contribution in [3.05, 3.63) is 12.7 Å². The smallest absolute Gasteiger partial charge is 0.410 e. The standard InChI is InChI=1S/C13H19NO4/c1-3-6-18-13(16)14-10-4-5-11(14)8-9(7-10)12(15)17-2/h3,9-11H,1,4-8H2,2H3. The molecule has 0 N–H and O–H groups in total. The van der Waals surface area contributed by atoms with Crippen LogP contribution in [0.1, 0.15) is 25.7 Å². The van der Waals surface area contributed by atoms with Crippen LogP contribution >= 0.6 is 0 Å². The van der Waals surface area contributed by atoms with E-state index >= 15 is 0 Å². The summed E-state index contributed by atoms with van der Waals surface area (Å²) in [5.74, 6) is -0.234. The number of hydrogen-bond acceptors (Lipinski definition) is 4. The van der Waals surface area contributed by atoms with E-state index in [9.17, 15) is 9.59 Å². The Bertz CT molecular complexity index is 341. The summed E-state index contributed by atoms with van der Waals surface area (Å²) >= 11 is 0. The molecule has 1 amide bonds. The lowest BCUT2D eigenvalue weighted by atomic mass is 9.91. The van der Waals surface area contributed by atoms with Crippen molar-refractivity contribution in [2.24, 2.45) is 5.92 Å². The van der Waals surface area contributed by atoms with Gasteiger partial charge in [-0.15, -0.1) is 0 Å². The third-order valence-electron chi connectivity index (χ3n) is 3.80. The van der Waals surface area contributed by atoms with Gasteiger partial charge >= 0.3 is 12.1 Å². The van der Waals surface area contributed by atoms with Gasteiger partial charge in [0.1, 0.15) is 6.61 Å². The first-order valence-corrected chi connectivity index (χ1v) is 6.31. The van der Waals surface area contributed by atoms with Gasteiger partial charge < -0.3 is 14.4 Å². The molecule has 0 aromatic carbocycles. The van der Waals surface area contributed by atoms with Crippen LogP contribution < -0.4 is 0 Å². The number of methoxy groups -OCH3 is 1. The summed E-state index contributed by atoms with van der Waals surface area (Å²) in [6, 6.07) is 0.232. The Labute approximate surface area is 107 Å². The molecule has 0 spiro atoms. The van der Waals surface area contributed by atoms with Gasteiger partial charge in [-0.1, -0.05) is 12.7 Å². The van der Waals surface area contributed by atoms with Crippen LogP contribution in [-0.4, -0.2) is 42.8 Å². The molecule has 0 saturated carbocycles. The van der Waals surface area contributed by atoms with Crippen molar-refractivity contribution in [2.75, 3.05) is 13.7 Å². The van der Waals surface area contributed by atoms with E-state index in [2.05, 4.69) is 6.58 Å². The summed E-state index contributed by atoms with van der Waals surface area (Å²) in [5.41, 5.74) is 0. The summed E-state index contributed by atoms with van der Waals surface area (Å²) < 4.78 is 9.87. The van der Waals surface area contributed by atoms with Crippen molar-refractivity contribution in [2.45, 2.75) is 37.8 Å². The average Bonchev–Trinajstić information content (AvgIpc) is 2.65. The molecule has 5 nitrogen and oxygen atoms in total. The second-order valence-corrected chi connectivity index (χ2v) is 4.85. The van der Waals surface area contributed by atoms with Gasteiger partial charge in [0.15, 0.2) is 0 Å². The summed E-state index contributed by atoms with van der Waals surface area (Å²) in [6.07, 6.45) is 4.54. The second kappa shape index (κ2) is 5.42. The number of fused-ring (bicyclic) bond motifs is 2. The molecular formula is C13H19NO4. The number of carbonyl (C=O) groups excluding carboxylic acids is 2. The van der Waals surface area contributed by atoms with Gasteiger partial charge in [0.25, 0.3) is 0 Å². The predicted molar refractivity (Wildman–Crippen MR) is 64.9 cm³/mol. The van der Waals surface area contributed by atoms with Gasteiger partial charge in [-0.2, -0.15) is 0 Å². The fourth-order valence-electron chi connectivity index (χ4n) is 3.04. The Morgan fingerprint density at radius 2 is 1.94 bits per heavy atom. The Hall–Kier alpha value is -1.52. The molecule has 0 aromatic heterocycles. The van der Waals surface area contributed by atoms with Crippen molar-refractivity contribution in [3.8, 4) is 0 Å². The van der Waals surface area contributed by atoms with Crippen LogP contribution in [0.5, 0.6) is 0 Å². The topological polar surface area (TPSA) is 55.8 Å². The summed E-state index contributed by atoms with van der Waals surface area (Å²) in [7, 11) is 1.41. The molecule has 2 unspecified atom stereocenters. The van der Waals surface area contributed by atoms with Crippen molar-refractivity contribution in [1.82, 2.24) is 4.90 Å². The number of esters is 1. The highest BCUT2D eigenvalue weighted by molar-refractivity contribution is 5.74. The first-order valence-electron chi connectivity index (χ1n) is 6.31. The van der Waals surface area contributed by atoms with Crippen molar-refractivity contribution >= 4 is 12.1 Å². The van der Waals surface area contributed by atoms with Crippen LogP contribution in [0.4, 0.5) is 4.79 Å². The summed E-state index contributed by atoms with van der Waals surface area (Å²) in [6.45, 7) is 3.75. The van der Waals surface area contributed by atoms with Gasteiger partial charge in [-0.25, -0.2) is 4.79 Å². The van der Waals surface area contributed by atoms with Gasteiger partial charge in [0.2, 0.25) is 0 Å². The largest absolute Gasteiger partial charge is 0.469 e. The van der Waals surface area contributed by atoms with E-state index in [0.717, 1.165) is 12.8 Å². The molecular weight excluding hydrogens is 234 g/mol. The van der Waals surface area contributed by atoms with Crippen molar-refractivity contribution in [1.29, 1.82) is 0 Å². The summed E-state index contributed by atoms with van der Waals surface area (Å²) in [4.78, 5) is 25.3. The minimum absolute atomic E-state index is 0.0732. The lowest BCUT2D eigenvalue weighted by Crippen LogP contribution is -2.48. The van der Waals surface area contributed by atoms with E-state index in [1.54, 1.807) is 11.0 Å². The highest BCUT2D eigenvalue weighted by Crippen LogP contribution is 2.39. The minimum Gasteiger partial charge on any atom is -0.469 e. The van der Waals surface area contributed by atoms with Crippen LogP contribution in [0.2, 0.25) is 0 Å². The van der Waals surface area contributed by atoms with E-state index in [4.69, 9.17) is 9.47 Å². The molecule has 2 rings (SSSR count). The van der Waals surface area contributed by atoms with E-state index in [1.165, 1.54) is 7.11 Å². The second-order valence-electron chi connectivity index (χ2n) is 4.85. The Balaban J connectivity index is 1.99. The maximum Gasteiger partial charge on any atom is 0.410 e. The predicted octanol–water partition coefficient (Wildman–Crippen LogP) is 1.72. The molecule has 2 aliphatic heterocycles. The molecule has 2 atom stereocenters. The molecule has 5 heteroatoms. The number of rotatable bonds is 3. The van der Waals surface area contributed by atoms with E-state index in [-0.39, 0.29) is 36.7 Å². The molecule has 100 valence electrons. The van der Waals surface area contributed by atoms with E-state index < -0.39 is 0 Å². The zero-order chi connectivity index (χ0) is 13.1. The average molecular weight is 253 g/mol. The monoisotopic (exact) mass is 253 g/mol. The molecule has 2 aliphatic rings. The number of ether oxygens (including phenoxy) is 2. The summed E-state index contributed by atoms with van der Waals surface area (Å²) in [5, 5.41) is 0. The highest BCUT2D eigenvalue weighted by atomic mass is 16.6. The molecule has 18 heavy (non-hydrogen) atoms. The van der Waals surface area contributed by atoms with Crippen LogP contribution in [0.15, 0.2) is 12.7 Å². The first kappa shape index (κ1) is 12.9. The lowest BCUT2D eigenvalue weighted by Gasteiger charge is -2.36. The third-order valence-corrected chi connectivity index (χ3v) is 3.80. The Kier molecular flexibility index (Phi) is 3.89. The first-order chi connectivity index (χ1) is 8.67. The molecule has 2 fully saturated rings. The number of carbonyl (C=O) groups is 2. The van der Waals surface area contributed by atoms with Crippen LogP contribution in [0.3, 0.4) is 0 Å². The number of piperidine rings is 1.